The highest BCUT2D eigenvalue weighted by atomic mass is 32.2. The molecule has 2 N–H and O–H groups in total. The molecule has 0 bridgehead atoms. The summed E-state index contributed by atoms with van der Waals surface area (Å²) in [5.74, 6) is -1.01. The average Bonchev–Trinajstić information content (AvgIpc) is 2.66. The molecule has 8 heteroatoms. The van der Waals surface area contributed by atoms with Crippen LogP contribution in [0.5, 0.6) is 0 Å². The van der Waals surface area contributed by atoms with Gasteiger partial charge in [-0.05, 0) is 36.2 Å². The van der Waals surface area contributed by atoms with Crippen LogP contribution in [-0.2, 0) is 24.3 Å². The first-order chi connectivity index (χ1) is 13.3. The molecule has 28 heavy (non-hydrogen) atoms. The summed E-state index contributed by atoms with van der Waals surface area (Å²) in [6.45, 7) is 3.42. The summed E-state index contributed by atoms with van der Waals surface area (Å²) in [7, 11) is -3.74. The zero-order valence-electron chi connectivity index (χ0n) is 16.1. The van der Waals surface area contributed by atoms with Crippen molar-refractivity contribution in [3.05, 3.63) is 42.5 Å². The van der Waals surface area contributed by atoms with Gasteiger partial charge < -0.3 is 10.1 Å². The van der Waals surface area contributed by atoms with Crippen molar-refractivity contribution in [1.29, 1.82) is 0 Å². The highest BCUT2D eigenvalue weighted by molar-refractivity contribution is 7.89. The van der Waals surface area contributed by atoms with Crippen LogP contribution in [0, 0.1) is 0 Å². The van der Waals surface area contributed by atoms with Crippen LogP contribution in [0.25, 0.3) is 10.8 Å². The average molecular weight is 407 g/mol. The first kappa shape index (κ1) is 21.8. The van der Waals surface area contributed by atoms with Crippen molar-refractivity contribution in [3.8, 4) is 0 Å². The number of carbonyl (C=O) groups excluding carboxylic acids is 2. The molecule has 0 saturated carbocycles. The lowest BCUT2D eigenvalue weighted by Gasteiger charge is -2.12. The van der Waals surface area contributed by atoms with E-state index in [1.165, 1.54) is 6.07 Å². The molecule has 0 fully saturated rings. The van der Waals surface area contributed by atoms with E-state index < -0.39 is 16.0 Å². The summed E-state index contributed by atoms with van der Waals surface area (Å²) < 4.78 is 32.0. The van der Waals surface area contributed by atoms with E-state index in [2.05, 4.69) is 10.0 Å². The zero-order valence-corrected chi connectivity index (χ0v) is 16.9. The van der Waals surface area contributed by atoms with Gasteiger partial charge in [0.1, 0.15) is 0 Å². The predicted molar refractivity (Wildman–Crippen MR) is 107 cm³/mol. The van der Waals surface area contributed by atoms with Gasteiger partial charge in [0.05, 0.1) is 11.3 Å². The summed E-state index contributed by atoms with van der Waals surface area (Å²) in [5, 5.41) is 4.48. The Morgan fingerprint density at radius 2 is 1.82 bits per heavy atom. The fourth-order valence-corrected chi connectivity index (χ4v) is 3.81. The minimum atomic E-state index is -3.74. The third kappa shape index (κ3) is 6.61. The normalized spacial score (nSPS) is 12.5. The summed E-state index contributed by atoms with van der Waals surface area (Å²) >= 11 is 0. The van der Waals surface area contributed by atoms with Crippen LogP contribution in [0.15, 0.2) is 47.4 Å². The van der Waals surface area contributed by atoms with Gasteiger partial charge in [0.2, 0.25) is 10.0 Å². The molecule has 0 spiro atoms. The molecule has 2 aromatic rings. The number of fused-ring (bicyclic) bond motifs is 1. The fourth-order valence-electron chi connectivity index (χ4n) is 2.75. The Balaban J connectivity index is 1.79. The predicted octanol–water partition coefficient (Wildman–Crippen LogP) is 2.36. The standard InChI is InChI=1S/C20H26N2O5S/c1-3-6-15(2)22-19(23)14-27-20(24)11-12-21-28(25,26)18-10-9-16-7-4-5-8-17(16)13-18/h4-5,7-10,13,15,21H,3,6,11-12,14H2,1-2H3,(H,22,23). The molecule has 2 aromatic carbocycles. The summed E-state index contributed by atoms with van der Waals surface area (Å²) in [4.78, 5) is 23.5. The van der Waals surface area contributed by atoms with Gasteiger partial charge in [0.25, 0.3) is 5.91 Å². The Morgan fingerprint density at radius 3 is 2.54 bits per heavy atom. The quantitative estimate of drug-likeness (QED) is 0.590. The lowest BCUT2D eigenvalue weighted by molar-refractivity contribution is -0.148. The highest BCUT2D eigenvalue weighted by Crippen LogP contribution is 2.18. The first-order valence-corrected chi connectivity index (χ1v) is 10.7. The molecule has 0 radical (unpaired) electrons. The van der Waals surface area contributed by atoms with E-state index in [1.807, 2.05) is 38.1 Å². The Labute approximate surface area is 165 Å². The minimum Gasteiger partial charge on any atom is -0.456 e. The third-order valence-electron chi connectivity index (χ3n) is 4.15. The van der Waals surface area contributed by atoms with E-state index in [4.69, 9.17) is 4.74 Å². The van der Waals surface area contributed by atoms with E-state index in [-0.39, 0.29) is 36.4 Å². The Kier molecular flexibility index (Phi) is 7.95. The number of rotatable bonds is 10. The van der Waals surface area contributed by atoms with Crippen molar-refractivity contribution < 1.29 is 22.7 Å². The van der Waals surface area contributed by atoms with Gasteiger partial charge in [0.15, 0.2) is 6.61 Å². The molecule has 0 aliphatic rings. The largest absolute Gasteiger partial charge is 0.456 e. The molecule has 0 aliphatic heterocycles. The van der Waals surface area contributed by atoms with Crippen molar-refractivity contribution in [2.75, 3.05) is 13.2 Å². The highest BCUT2D eigenvalue weighted by Gasteiger charge is 2.16. The maximum Gasteiger partial charge on any atom is 0.307 e. The second-order valence-electron chi connectivity index (χ2n) is 6.57. The van der Waals surface area contributed by atoms with Crippen molar-refractivity contribution >= 4 is 32.7 Å². The van der Waals surface area contributed by atoms with Gasteiger partial charge in [-0.15, -0.1) is 0 Å². The van der Waals surface area contributed by atoms with E-state index in [0.717, 1.165) is 23.6 Å². The Morgan fingerprint density at radius 1 is 1.11 bits per heavy atom. The van der Waals surface area contributed by atoms with Crippen molar-refractivity contribution in [1.82, 2.24) is 10.0 Å². The molecule has 1 atom stereocenters. The molecular weight excluding hydrogens is 380 g/mol. The topological polar surface area (TPSA) is 102 Å². The second-order valence-corrected chi connectivity index (χ2v) is 8.34. The van der Waals surface area contributed by atoms with E-state index >= 15 is 0 Å². The first-order valence-electron chi connectivity index (χ1n) is 9.25. The smallest absolute Gasteiger partial charge is 0.307 e. The van der Waals surface area contributed by atoms with Crippen LogP contribution in [0.2, 0.25) is 0 Å². The molecule has 0 saturated heterocycles. The van der Waals surface area contributed by atoms with Gasteiger partial charge in [-0.1, -0.05) is 43.7 Å². The van der Waals surface area contributed by atoms with Crippen LogP contribution in [0.1, 0.15) is 33.1 Å². The number of ether oxygens (including phenoxy) is 1. The molecule has 0 heterocycles. The number of benzene rings is 2. The molecule has 7 nitrogen and oxygen atoms in total. The zero-order chi connectivity index (χ0) is 20.6. The van der Waals surface area contributed by atoms with Crippen LogP contribution in [-0.4, -0.2) is 39.5 Å². The van der Waals surface area contributed by atoms with Gasteiger partial charge >= 0.3 is 5.97 Å². The monoisotopic (exact) mass is 406 g/mol. The lowest BCUT2D eigenvalue weighted by Crippen LogP contribution is -2.36. The van der Waals surface area contributed by atoms with Crippen molar-refractivity contribution in [2.24, 2.45) is 0 Å². The summed E-state index contributed by atoms with van der Waals surface area (Å²) in [6.07, 6.45) is 1.62. The van der Waals surface area contributed by atoms with E-state index in [1.54, 1.807) is 12.1 Å². The van der Waals surface area contributed by atoms with Crippen molar-refractivity contribution in [3.63, 3.8) is 0 Å². The maximum absolute atomic E-state index is 12.4. The van der Waals surface area contributed by atoms with Crippen LogP contribution in [0.3, 0.4) is 0 Å². The maximum atomic E-state index is 12.4. The van der Waals surface area contributed by atoms with E-state index in [0.29, 0.717) is 0 Å². The third-order valence-corrected chi connectivity index (χ3v) is 5.60. The molecule has 2 rings (SSSR count). The molecule has 0 aliphatic carbocycles. The number of esters is 1. The minimum absolute atomic E-state index is 0.0185. The van der Waals surface area contributed by atoms with Crippen LogP contribution < -0.4 is 10.0 Å². The number of carbonyl (C=O) groups is 2. The molecule has 152 valence electrons. The number of amides is 1. The number of sulfonamides is 1. The van der Waals surface area contributed by atoms with Crippen molar-refractivity contribution in [2.45, 2.75) is 44.0 Å². The van der Waals surface area contributed by atoms with Gasteiger partial charge in [-0.25, -0.2) is 13.1 Å². The summed E-state index contributed by atoms with van der Waals surface area (Å²) in [6, 6.07) is 12.3. The van der Waals surface area contributed by atoms with Crippen LogP contribution >= 0.6 is 0 Å². The molecule has 0 aromatic heterocycles. The summed E-state index contributed by atoms with van der Waals surface area (Å²) in [5.41, 5.74) is 0. The van der Waals surface area contributed by atoms with Gasteiger partial charge in [-0.2, -0.15) is 0 Å². The van der Waals surface area contributed by atoms with Crippen LogP contribution in [0.4, 0.5) is 0 Å². The van der Waals surface area contributed by atoms with Gasteiger partial charge in [0, 0.05) is 12.6 Å². The fraction of sp³-hybridized carbons (Fsp3) is 0.400. The SMILES string of the molecule is CCCC(C)NC(=O)COC(=O)CCNS(=O)(=O)c1ccc2ccccc2c1. The molecule has 1 unspecified atom stereocenters. The molecule has 1 amide bonds. The number of nitrogens with one attached hydrogen (secondary N) is 2. The number of hydrogen-bond acceptors (Lipinski definition) is 5. The Bertz CT molecular complexity index is 927. The Hall–Kier alpha value is -2.45. The van der Waals surface area contributed by atoms with Gasteiger partial charge in [-0.3, -0.25) is 9.59 Å². The molecular formula is C20H26N2O5S. The van der Waals surface area contributed by atoms with E-state index in [9.17, 15) is 18.0 Å². The second kappa shape index (κ2) is 10.2. The lowest BCUT2D eigenvalue weighted by atomic mass is 10.1. The number of hydrogen-bond donors (Lipinski definition) is 2.